The molecule has 5 heteroatoms. The van der Waals surface area contributed by atoms with Gasteiger partial charge in [-0.15, -0.1) is 0 Å². The second kappa shape index (κ2) is 6.43. The van der Waals surface area contributed by atoms with Gasteiger partial charge in [0, 0.05) is 29.4 Å². The van der Waals surface area contributed by atoms with E-state index in [1.54, 1.807) is 6.92 Å². The van der Waals surface area contributed by atoms with Gasteiger partial charge in [-0.2, -0.15) is 0 Å². The standard InChI is InChI=1S/C20H26O5/c1-11(2)7-18(22)24-10-20-9-17-14(13(4)19(23)25-17)8-16(20)15(20)6-5-12(3)21/h7,14-17H,4-6,8-10H2,1-3H3. The molecule has 0 aromatic rings. The lowest BCUT2D eigenvalue weighted by molar-refractivity contribution is -0.145. The van der Waals surface area contributed by atoms with E-state index in [1.807, 2.05) is 13.8 Å². The maximum Gasteiger partial charge on any atom is 0.334 e. The summed E-state index contributed by atoms with van der Waals surface area (Å²) in [6, 6.07) is 0. The molecule has 3 rings (SSSR count). The minimum absolute atomic E-state index is 0.0708. The van der Waals surface area contributed by atoms with Gasteiger partial charge in [0.15, 0.2) is 0 Å². The molecular formula is C20H26O5. The van der Waals surface area contributed by atoms with Crippen LogP contribution in [0.2, 0.25) is 0 Å². The first-order chi connectivity index (χ1) is 11.7. The van der Waals surface area contributed by atoms with Gasteiger partial charge in [0.1, 0.15) is 11.9 Å². The van der Waals surface area contributed by atoms with Crippen molar-refractivity contribution in [3.8, 4) is 0 Å². The molecular weight excluding hydrogens is 320 g/mol. The summed E-state index contributed by atoms with van der Waals surface area (Å²) in [5.74, 6) is 0.318. The molecule has 0 bridgehead atoms. The molecule has 2 saturated carbocycles. The number of carbonyl (C=O) groups is 3. The molecule has 0 spiro atoms. The lowest BCUT2D eigenvalue weighted by Gasteiger charge is -2.29. The molecule has 136 valence electrons. The first kappa shape index (κ1) is 17.9. The van der Waals surface area contributed by atoms with Crippen molar-refractivity contribution in [2.45, 2.75) is 52.6 Å². The fraction of sp³-hybridized carbons (Fsp3) is 0.650. The van der Waals surface area contributed by atoms with Crippen LogP contribution in [-0.2, 0) is 23.9 Å². The third kappa shape index (κ3) is 3.29. The smallest absolute Gasteiger partial charge is 0.334 e. The fourth-order valence-corrected chi connectivity index (χ4v) is 4.77. The van der Waals surface area contributed by atoms with Gasteiger partial charge < -0.3 is 14.3 Å². The normalized spacial score (nSPS) is 35.3. The van der Waals surface area contributed by atoms with Gasteiger partial charge in [0.05, 0.1) is 6.61 Å². The Bertz CT molecular complexity index is 657. The molecule has 0 aromatic carbocycles. The van der Waals surface area contributed by atoms with Crippen molar-refractivity contribution >= 4 is 17.7 Å². The Morgan fingerprint density at radius 3 is 2.72 bits per heavy atom. The highest BCUT2D eigenvalue weighted by atomic mass is 16.6. The van der Waals surface area contributed by atoms with E-state index in [2.05, 4.69) is 6.58 Å². The summed E-state index contributed by atoms with van der Waals surface area (Å²) in [5.41, 5.74) is 1.30. The Morgan fingerprint density at radius 1 is 1.36 bits per heavy atom. The van der Waals surface area contributed by atoms with Crippen LogP contribution in [-0.4, -0.2) is 30.4 Å². The summed E-state index contributed by atoms with van der Waals surface area (Å²) in [6.07, 6.45) is 4.19. The molecule has 0 aromatic heterocycles. The lowest BCUT2D eigenvalue weighted by Crippen LogP contribution is -2.31. The highest BCUT2D eigenvalue weighted by molar-refractivity contribution is 5.91. The van der Waals surface area contributed by atoms with Crippen LogP contribution in [0.4, 0.5) is 0 Å². The van der Waals surface area contributed by atoms with E-state index in [0.717, 1.165) is 18.4 Å². The van der Waals surface area contributed by atoms with Gasteiger partial charge in [-0.05, 0) is 51.9 Å². The van der Waals surface area contributed by atoms with Gasteiger partial charge in [-0.3, -0.25) is 0 Å². The number of hydrogen-bond donors (Lipinski definition) is 0. The predicted octanol–water partition coefficient (Wildman–Crippen LogP) is 2.99. The number of hydrogen-bond acceptors (Lipinski definition) is 5. The minimum atomic E-state index is -0.333. The fourth-order valence-electron chi connectivity index (χ4n) is 4.77. The van der Waals surface area contributed by atoms with Crippen molar-refractivity contribution < 1.29 is 23.9 Å². The molecule has 0 N–H and O–H groups in total. The largest absolute Gasteiger partial charge is 0.462 e. The summed E-state index contributed by atoms with van der Waals surface area (Å²) >= 11 is 0. The molecule has 1 heterocycles. The molecule has 3 aliphatic rings. The Hall–Kier alpha value is -1.91. The zero-order chi connectivity index (χ0) is 18.4. The number of carbonyl (C=O) groups excluding carboxylic acids is 3. The van der Waals surface area contributed by atoms with Crippen molar-refractivity contribution in [1.29, 1.82) is 0 Å². The van der Waals surface area contributed by atoms with Crippen LogP contribution in [0.5, 0.6) is 0 Å². The first-order valence-electron chi connectivity index (χ1n) is 8.95. The average Bonchev–Trinajstić information content (AvgIpc) is 3.05. The Morgan fingerprint density at radius 2 is 2.08 bits per heavy atom. The molecule has 1 saturated heterocycles. The van der Waals surface area contributed by atoms with Crippen LogP contribution in [0, 0.1) is 23.2 Å². The van der Waals surface area contributed by atoms with E-state index in [-0.39, 0.29) is 35.2 Å². The first-order valence-corrected chi connectivity index (χ1v) is 8.95. The number of allylic oxidation sites excluding steroid dienone is 1. The summed E-state index contributed by atoms with van der Waals surface area (Å²) in [6.45, 7) is 9.51. The van der Waals surface area contributed by atoms with Crippen LogP contribution in [0.15, 0.2) is 23.8 Å². The molecule has 0 amide bonds. The van der Waals surface area contributed by atoms with Crippen LogP contribution in [0.25, 0.3) is 0 Å². The maximum absolute atomic E-state index is 11.9. The van der Waals surface area contributed by atoms with Gasteiger partial charge in [-0.25, -0.2) is 9.59 Å². The number of esters is 2. The minimum Gasteiger partial charge on any atom is -0.462 e. The van der Waals surface area contributed by atoms with E-state index in [1.165, 1.54) is 6.08 Å². The molecule has 5 nitrogen and oxygen atoms in total. The Kier molecular flexibility index (Phi) is 4.60. The van der Waals surface area contributed by atoms with E-state index >= 15 is 0 Å². The van der Waals surface area contributed by atoms with Crippen LogP contribution >= 0.6 is 0 Å². The summed E-state index contributed by atoms with van der Waals surface area (Å²) in [5, 5.41) is 0. The summed E-state index contributed by atoms with van der Waals surface area (Å²) in [7, 11) is 0. The van der Waals surface area contributed by atoms with Crippen LogP contribution in [0.1, 0.15) is 46.5 Å². The van der Waals surface area contributed by atoms with Crippen molar-refractivity contribution in [1.82, 2.24) is 0 Å². The Balaban J connectivity index is 1.72. The van der Waals surface area contributed by atoms with Crippen LogP contribution in [0.3, 0.4) is 0 Å². The third-order valence-corrected chi connectivity index (χ3v) is 6.06. The quantitative estimate of drug-likeness (QED) is 0.546. The average molecular weight is 346 g/mol. The number of ether oxygens (including phenoxy) is 2. The van der Waals surface area contributed by atoms with Crippen LogP contribution < -0.4 is 0 Å². The van der Waals surface area contributed by atoms with E-state index in [0.29, 0.717) is 36.9 Å². The van der Waals surface area contributed by atoms with Crippen molar-refractivity contribution in [2.24, 2.45) is 23.2 Å². The van der Waals surface area contributed by atoms with E-state index in [9.17, 15) is 14.4 Å². The molecule has 1 aliphatic heterocycles. The maximum atomic E-state index is 11.9. The zero-order valence-electron chi connectivity index (χ0n) is 15.2. The van der Waals surface area contributed by atoms with Gasteiger partial charge in [0.25, 0.3) is 0 Å². The third-order valence-electron chi connectivity index (χ3n) is 6.06. The number of ketones is 1. The number of Topliss-reactive ketones (excluding diaryl/α,β-unsaturated/α-hetero) is 1. The van der Waals surface area contributed by atoms with Crippen molar-refractivity contribution in [2.75, 3.05) is 6.61 Å². The second-order valence-electron chi connectivity index (χ2n) is 8.03. The summed E-state index contributed by atoms with van der Waals surface area (Å²) in [4.78, 5) is 35.1. The zero-order valence-corrected chi connectivity index (χ0v) is 15.2. The SMILES string of the molecule is C=C1C(=O)OC2CC3(COC(=O)C=C(C)C)C(CCC(C)=O)C3CC12. The highest BCUT2D eigenvalue weighted by Crippen LogP contribution is 2.70. The molecule has 25 heavy (non-hydrogen) atoms. The monoisotopic (exact) mass is 346 g/mol. The molecule has 5 unspecified atom stereocenters. The topological polar surface area (TPSA) is 69.7 Å². The Labute approximate surface area is 148 Å². The predicted molar refractivity (Wildman–Crippen MR) is 91.5 cm³/mol. The van der Waals surface area contributed by atoms with E-state index < -0.39 is 0 Å². The van der Waals surface area contributed by atoms with E-state index in [4.69, 9.17) is 9.47 Å². The highest BCUT2D eigenvalue weighted by Gasteiger charge is 2.69. The number of fused-ring (bicyclic) bond motifs is 2. The lowest BCUT2D eigenvalue weighted by atomic mass is 9.78. The molecule has 0 radical (unpaired) electrons. The molecule has 3 fully saturated rings. The van der Waals surface area contributed by atoms with Gasteiger partial charge >= 0.3 is 11.9 Å². The second-order valence-corrected chi connectivity index (χ2v) is 8.03. The summed E-state index contributed by atoms with van der Waals surface area (Å²) < 4.78 is 11.0. The van der Waals surface area contributed by atoms with Gasteiger partial charge in [0.2, 0.25) is 0 Å². The van der Waals surface area contributed by atoms with Gasteiger partial charge in [-0.1, -0.05) is 12.2 Å². The molecule has 2 aliphatic carbocycles. The van der Waals surface area contributed by atoms with Crippen molar-refractivity contribution in [3.63, 3.8) is 0 Å². The van der Waals surface area contributed by atoms with Crippen molar-refractivity contribution in [3.05, 3.63) is 23.8 Å². The molecule has 5 atom stereocenters. The number of rotatable bonds is 6.